The fourth-order valence-corrected chi connectivity index (χ4v) is 3.04. The quantitative estimate of drug-likeness (QED) is 0.891. The van der Waals surface area contributed by atoms with Crippen LogP contribution in [-0.4, -0.2) is 21.7 Å². The van der Waals surface area contributed by atoms with Crippen LogP contribution in [-0.2, 0) is 16.0 Å². The predicted molar refractivity (Wildman–Crippen MR) is 88.1 cm³/mol. The number of amides is 1. The molecule has 0 bridgehead atoms. The number of anilines is 1. The van der Waals surface area contributed by atoms with E-state index in [1.165, 1.54) is 0 Å². The van der Waals surface area contributed by atoms with Crippen LogP contribution in [0.4, 0.5) is 5.95 Å². The molecule has 0 aliphatic heterocycles. The number of carbonyl (C=O) groups excluding carboxylic acids is 2. The van der Waals surface area contributed by atoms with Crippen molar-refractivity contribution in [3.05, 3.63) is 47.8 Å². The van der Waals surface area contributed by atoms with Crippen LogP contribution in [0.15, 0.2) is 36.7 Å². The normalized spacial score (nSPS) is 18.8. The van der Waals surface area contributed by atoms with Crippen molar-refractivity contribution in [2.75, 3.05) is 5.32 Å². The largest absolute Gasteiger partial charge is 0.331 e. The Morgan fingerprint density at radius 2 is 2.17 bits per heavy atom. The molecule has 1 saturated carbocycles. The third kappa shape index (κ3) is 3.67. The van der Waals surface area contributed by atoms with Crippen molar-refractivity contribution in [3.8, 4) is 0 Å². The molecule has 0 spiro atoms. The Morgan fingerprint density at radius 3 is 2.78 bits per heavy atom. The first-order chi connectivity index (χ1) is 11.1. The predicted octanol–water partition coefficient (Wildman–Crippen LogP) is 3.06. The molecule has 1 aromatic heterocycles. The van der Waals surface area contributed by atoms with Crippen molar-refractivity contribution < 1.29 is 9.59 Å². The number of nitrogens with zero attached hydrogens (tertiary/aromatic N) is 1. The Bertz CT molecular complexity index is 677. The Labute approximate surface area is 135 Å². The standard InChI is InChI=1S/C18H21N3O2/c1-12(17(23)21-18-19-9-10-20-18)14-7-5-13(6-8-14)11-15-3-2-4-16(15)22/h5-10,12,15H,2-4,11H2,1H3,(H2,19,20,21,23)/t12-,15-/m1/s1. The van der Waals surface area contributed by atoms with Crippen LogP contribution in [0.2, 0.25) is 0 Å². The van der Waals surface area contributed by atoms with Gasteiger partial charge in [-0.25, -0.2) is 4.98 Å². The maximum atomic E-state index is 12.2. The smallest absolute Gasteiger partial charge is 0.233 e. The van der Waals surface area contributed by atoms with Gasteiger partial charge in [0, 0.05) is 24.7 Å². The monoisotopic (exact) mass is 311 g/mol. The summed E-state index contributed by atoms with van der Waals surface area (Å²) in [5.41, 5.74) is 2.11. The van der Waals surface area contributed by atoms with Gasteiger partial charge < -0.3 is 4.98 Å². The highest BCUT2D eigenvalue weighted by molar-refractivity contribution is 5.94. The number of benzene rings is 1. The summed E-state index contributed by atoms with van der Waals surface area (Å²) in [5.74, 6) is 0.667. The van der Waals surface area contributed by atoms with Gasteiger partial charge in [-0.05, 0) is 37.3 Å². The molecule has 1 heterocycles. The minimum atomic E-state index is -0.262. The van der Waals surface area contributed by atoms with E-state index in [9.17, 15) is 9.59 Å². The lowest BCUT2D eigenvalue weighted by Crippen LogP contribution is -2.19. The van der Waals surface area contributed by atoms with E-state index < -0.39 is 0 Å². The summed E-state index contributed by atoms with van der Waals surface area (Å²) >= 11 is 0. The zero-order chi connectivity index (χ0) is 16.2. The Morgan fingerprint density at radius 1 is 1.39 bits per heavy atom. The van der Waals surface area contributed by atoms with Crippen molar-refractivity contribution in [2.45, 2.75) is 38.5 Å². The molecule has 23 heavy (non-hydrogen) atoms. The first-order valence-corrected chi connectivity index (χ1v) is 8.05. The molecule has 5 nitrogen and oxygen atoms in total. The molecule has 1 fully saturated rings. The lowest BCUT2D eigenvalue weighted by atomic mass is 9.94. The van der Waals surface area contributed by atoms with Gasteiger partial charge in [0.2, 0.25) is 11.9 Å². The number of hydrogen-bond donors (Lipinski definition) is 2. The summed E-state index contributed by atoms with van der Waals surface area (Å²) in [6, 6.07) is 8.00. The number of aromatic amines is 1. The van der Waals surface area contributed by atoms with Crippen LogP contribution in [0.3, 0.4) is 0 Å². The van der Waals surface area contributed by atoms with Gasteiger partial charge in [0.15, 0.2) is 0 Å². The number of imidazole rings is 1. The van der Waals surface area contributed by atoms with Gasteiger partial charge in [-0.1, -0.05) is 24.3 Å². The molecule has 0 saturated heterocycles. The maximum Gasteiger partial charge on any atom is 0.233 e. The molecule has 2 atom stereocenters. The highest BCUT2D eigenvalue weighted by Crippen LogP contribution is 2.26. The number of nitrogens with one attached hydrogen (secondary N) is 2. The van der Waals surface area contributed by atoms with E-state index in [0.29, 0.717) is 11.7 Å². The van der Waals surface area contributed by atoms with Crippen molar-refractivity contribution in [1.82, 2.24) is 9.97 Å². The number of rotatable bonds is 5. The third-order valence-corrected chi connectivity index (χ3v) is 4.53. The van der Waals surface area contributed by atoms with Gasteiger partial charge >= 0.3 is 0 Å². The molecule has 1 amide bonds. The molecule has 1 aromatic carbocycles. The Balaban J connectivity index is 1.61. The van der Waals surface area contributed by atoms with Crippen LogP contribution >= 0.6 is 0 Å². The average Bonchev–Trinajstić information content (AvgIpc) is 3.20. The number of ketones is 1. The van der Waals surface area contributed by atoms with E-state index in [4.69, 9.17) is 0 Å². The summed E-state index contributed by atoms with van der Waals surface area (Å²) in [5, 5.41) is 2.75. The number of hydrogen-bond acceptors (Lipinski definition) is 3. The summed E-state index contributed by atoms with van der Waals surface area (Å²) in [6.45, 7) is 1.87. The van der Waals surface area contributed by atoms with Crippen LogP contribution < -0.4 is 5.32 Å². The van der Waals surface area contributed by atoms with Crippen LogP contribution in [0, 0.1) is 5.92 Å². The molecular formula is C18H21N3O2. The van der Waals surface area contributed by atoms with E-state index in [-0.39, 0.29) is 17.7 Å². The van der Waals surface area contributed by atoms with Crippen LogP contribution in [0.5, 0.6) is 0 Å². The van der Waals surface area contributed by atoms with E-state index in [1.807, 2.05) is 31.2 Å². The third-order valence-electron chi connectivity index (χ3n) is 4.53. The summed E-state index contributed by atoms with van der Waals surface area (Å²) in [7, 11) is 0. The second-order valence-corrected chi connectivity index (χ2v) is 6.15. The number of aromatic nitrogens is 2. The van der Waals surface area contributed by atoms with Crippen molar-refractivity contribution in [1.29, 1.82) is 0 Å². The topological polar surface area (TPSA) is 74.8 Å². The van der Waals surface area contributed by atoms with Gasteiger partial charge in [-0.15, -0.1) is 0 Å². The van der Waals surface area contributed by atoms with Gasteiger partial charge in [0.05, 0.1) is 5.92 Å². The van der Waals surface area contributed by atoms with Crippen molar-refractivity contribution >= 4 is 17.6 Å². The number of carbonyl (C=O) groups is 2. The molecular weight excluding hydrogens is 290 g/mol. The average molecular weight is 311 g/mol. The van der Waals surface area contributed by atoms with Gasteiger partial charge in [-0.3, -0.25) is 14.9 Å². The number of H-pyrrole nitrogens is 1. The van der Waals surface area contributed by atoms with Crippen molar-refractivity contribution in [3.63, 3.8) is 0 Å². The fourth-order valence-electron chi connectivity index (χ4n) is 3.04. The molecule has 0 radical (unpaired) electrons. The molecule has 2 aromatic rings. The second kappa shape index (κ2) is 6.77. The summed E-state index contributed by atoms with van der Waals surface area (Å²) in [4.78, 5) is 30.8. The zero-order valence-corrected chi connectivity index (χ0v) is 13.2. The molecule has 120 valence electrons. The lowest BCUT2D eigenvalue weighted by molar-refractivity contribution is -0.120. The van der Waals surface area contributed by atoms with Crippen molar-refractivity contribution in [2.24, 2.45) is 5.92 Å². The van der Waals surface area contributed by atoms with E-state index in [1.54, 1.807) is 12.4 Å². The van der Waals surface area contributed by atoms with Gasteiger partial charge in [-0.2, -0.15) is 0 Å². The maximum absolute atomic E-state index is 12.2. The second-order valence-electron chi connectivity index (χ2n) is 6.15. The molecule has 2 N–H and O–H groups in total. The van der Waals surface area contributed by atoms with E-state index in [0.717, 1.165) is 36.8 Å². The van der Waals surface area contributed by atoms with Crippen LogP contribution in [0.1, 0.15) is 43.2 Å². The van der Waals surface area contributed by atoms with E-state index in [2.05, 4.69) is 15.3 Å². The highest BCUT2D eigenvalue weighted by atomic mass is 16.2. The Hall–Kier alpha value is -2.43. The summed E-state index contributed by atoms with van der Waals surface area (Å²) in [6.07, 6.45) is 6.83. The highest BCUT2D eigenvalue weighted by Gasteiger charge is 2.24. The molecule has 3 rings (SSSR count). The first-order valence-electron chi connectivity index (χ1n) is 8.05. The molecule has 0 unspecified atom stereocenters. The molecule has 5 heteroatoms. The van der Waals surface area contributed by atoms with Gasteiger partial charge in [0.25, 0.3) is 0 Å². The molecule has 1 aliphatic carbocycles. The first kappa shape index (κ1) is 15.5. The summed E-state index contributed by atoms with van der Waals surface area (Å²) < 4.78 is 0. The fraction of sp³-hybridized carbons (Fsp3) is 0.389. The minimum absolute atomic E-state index is 0.0985. The van der Waals surface area contributed by atoms with Gasteiger partial charge in [0.1, 0.15) is 5.78 Å². The number of Topliss-reactive ketones (excluding diaryl/α,β-unsaturated/α-hetero) is 1. The Kier molecular flexibility index (Phi) is 4.55. The zero-order valence-electron chi connectivity index (χ0n) is 13.2. The lowest BCUT2D eigenvalue weighted by Gasteiger charge is -2.13. The minimum Gasteiger partial charge on any atom is -0.331 e. The molecule has 1 aliphatic rings. The SMILES string of the molecule is C[C@@H](C(=O)Nc1ncc[nH]1)c1ccc(C[C@H]2CCCC2=O)cc1. The van der Waals surface area contributed by atoms with Crippen LogP contribution in [0.25, 0.3) is 0 Å². The van der Waals surface area contributed by atoms with E-state index >= 15 is 0 Å².